The Morgan fingerprint density at radius 3 is 2.60 bits per heavy atom. The molecular formula is C15H14N2O3. The third-order valence-electron chi connectivity index (χ3n) is 2.83. The van der Waals surface area contributed by atoms with E-state index in [2.05, 4.69) is 4.98 Å². The summed E-state index contributed by atoms with van der Waals surface area (Å²) in [5.41, 5.74) is 1.43. The average Bonchev–Trinajstić information content (AvgIpc) is 2.45. The van der Waals surface area contributed by atoms with E-state index in [1.807, 2.05) is 12.1 Å². The number of aromatic carboxylic acids is 1. The zero-order chi connectivity index (χ0) is 14.5. The highest BCUT2D eigenvalue weighted by molar-refractivity contribution is 5.94. The Hall–Kier alpha value is -2.69. The average molecular weight is 270 g/mol. The normalized spacial score (nSPS) is 10.1. The van der Waals surface area contributed by atoms with Crippen LogP contribution in [0.4, 0.5) is 5.69 Å². The highest BCUT2D eigenvalue weighted by Gasteiger charge is 2.14. The molecular weight excluding hydrogens is 256 g/mol. The van der Waals surface area contributed by atoms with Gasteiger partial charge in [-0.25, -0.2) is 4.79 Å². The molecule has 20 heavy (non-hydrogen) atoms. The predicted octanol–water partition coefficient (Wildman–Crippen LogP) is 2.33. The SMILES string of the molecule is CC(=O)N(Cc1ccccn1)c1cccc(C(=O)O)c1. The molecule has 0 aliphatic heterocycles. The molecule has 1 aromatic carbocycles. The van der Waals surface area contributed by atoms with Crippen LogP contribution in [0.1, 0.15) is 23.0 Å². The number of carboxylic acids is 1. The summed E-state index contributed by atoms with van der Waals surface area (Å²) in [5.74, 6) is -1.19. The van der Waals surface area contributed by atoms with Gasteiger partial charge in [-0.05, 0) is 30.3 Å². The molecule has 0 aliphatic rings. The Labute approximate surface area is 116 Å². The molecule has 2 rings (SSSR count). The van der Waals surface area contributed by atoms with Gasteiger partial charge < -0.3 is 10.0 Å². The lowest BCUT2D eigenvalue weighted by atomic mass is 10.2. The zero-order valence-corrected chi connectivity index (χ0v) is 11.0. The maximum atomic E-state index is 11.8. The number of benzene rings is 1. The minimum Gasteiger partial charge on any atom is -0.478 e. The van der Waals surface area contributed by atoms with Gasteiger partial charge >= 0.3 is 5.97 Å². The van der Waals surface area contributed by atoms with E-state index in [0.717, 1.165) is 5.69 Å². The van der Waals surface area contributed by atoms with Crippen LogP contribution >= 0.6 is 0 Å². The molecule has 0 radical (unpaired) electrons. The van der Waals surface area contributed by atoms with Gasteiger partial charge in [0.25, 0.3) is 0 Å². The fraction of sp³-hybridized carbons (Fsp3) is 0.133. The Balaban J connectivity index is 2.31. The third kappa shape index (κ3) is 3.20. The van der Waals surface area contributed by atoms with E-state index >= 15 is 0 Å². The van der Waals surface area contributed by atoms with Gasteiger partial charge in [0.15, 0.2) is 0 Å². The molecule has 0 unspecified atom stereocenters. The van der Waals surface area contributed by atoms with Crippen LogP contribution in [0.25, 0.3) is 0 Å². The van der Waals surface area contributed by atoms with E-state index in [1.54, 1.807) is 24.4 Å². The summed E-state index contributed by atoms with van der Waals surface area (Å²) in [7, 11) is 0. The molecule has 5 heteroatoms. The lowest BCUT2D eigenvalue weighted by Gasteiger charge is -2.21. The molecule has 102 valence electrons. The number of carbonyl (C=O) groups is 2. The lowest BCUT2D eigenvalue weighted by molar-refractivity contribution is -0.116. The number of amides is 1. The maximum Gasteiger partial charge on any atom is 0.335 e. The van der Waals surface area contributed by atoms with Crippen LogP contribution < -0.4 is 4.90 Å². The first kappa shape index (κ1) is 13.7. The van der Waals surface area contributed by atoms with Gasteiger partial charge in [0, 0.05) is 18.8 Å². The maximum absolute atomic E-state index is 11.8. The fourth-order valence-electron chi connectivity index (χ4n) is 1.84. The van der Waals surface area contributed by atoms with Crippen molar-refractivity contribution in [1.82, 2.24) is 4.98 Å². The van der Waals surface area contributed by atoms with E-state index in [4.69, 9.17) is 5.11 Å². The van der Waals surface area contributed by atoms with E-state index < -0.39 is 5.97 Å². The van der Waals surface area contributed by atoms with Crippen LogP contribution in [0.15, 0.2) is 48.7 Å². The van der Waals surface area contributed by atoms with Crippen LogP contribution in [0.2, 0.25) is 0 Å². The van der Waals surface area contributed by atoms with Gasteiger partial charge in [-0.15, -0.1) is 0 Å². The van der Waals surface area contributed by atoms with Gasteiger partial charge in [0.2, 0.25) is 5.91 Å². The van der Waals surface area contributed by atoms with Gasteiger partial charge in [0.1, 0.15) is 0 Å². The molecule has 0 fully saturated rings. The molecule has 1 amide bonds. The first-order chi connectivity index (χ1) is 9.58. The summed E-state index contributed by atoms with van der Waals surface area (Å²) >= 11 is 0. The van der Waals surface area contributed by atoms with E-state index in [9.17, 15) is 9.59 Å². The predicted molar refractivity (Wildman–Crippen MR) is 74.5 cm³/mol. The molecule has 0 saturated carbocycles. The van der Waals surface area contributed by atoms with Gasteiger partial charge in [0.05, 0.1) is 17.8 Å². The van der Waals surface area contributed by atoms with Crippen molar-refractivity contribution in [2.75, 3.05) is 4.90 Å². The third-order valence-corrected chi connectivity index (χ3v) is 2.83. The van der Waals surface area contributed by atoms with Gasteiger partial charge in [-0.1, -0.05) is 12.1 Å². The summed E-state index contributed by atoms with van der Waals surface area (Å²) in [6, 6.07) is 11.7. The van der Waals surface area contributed by atoms with E-state index in [1.165, 1.54) is 24.0 Å². The highest BCUT2D eigenvalue weighted by Crippen LogP contribution is 2.18. The Bertz CT molecular complexity index is 626. The van der Waals surface area contributed by atoms with Crippen LogP contribution in [0.5, 0.6) is 0 Å². The monoisotopic (exact) mass is 270 g/mol. The van der Waals surface area contributed by atoms with E-state index in [-0.39, 0.29) is 11.5 Å². The Morgan fingerprint density at radius 2 is 2.00 bits per heavy atom. The second-order valence-electron chi connectivity index (χ2n) is 4.28. The number of hydrogen-bond acceptors (Lipinski definition) is 3. The standard InChI is InChI=1S/C15H14N2O3/c1-11(18)17(10-13-6-2-3-8-16-13)14-7-4-5-12(9-14)15(19)20/h2-9H,10H2,1H3,(H,19,20). The number of carboxylic acid groups (broad SMARTS) is 1. The number of hydrogen-bond donors (Lipinski definition) is 1. The van der Waals surface area contributed by atoms with E-state index in [0.29, 0.717) is 12.2 Å². The molecule has 0 bridgehead atoms. The lowest BCUT2D eigenvalue weighted by Crippen LogP contribution is -2.28. The van der Waals surface area contributed by atoms with Gasteiger partial charge in [-0.2, -0.15) is 0 Å². The first-order valence-corrected chi connectivity index (χ1v) is 6.09. The number of pyridine rings is 1. The molecule has 1 heterocycles. The van der Waals surface area contributed by atoms with Crippen molar-refractivity contribution in [3.63, 3.8) is 0 Å². The molecule has 5 nitrogen and oxygen atoms in total. The second-order valence-corrected chi connectivity index (χ2v) is 4.28. The van der Waals surface area contributed by atoms with Crippen molar-refractivity contribution >= 4 is 17.6 Å². The molecule has 1 N–H and O–H groups in total. The Morgan fingerprint density at radius 1 is 1.20 bits per heavy atom. The molecule has 0 spiro atoms. The number of anilines is 1. The highest BCUT2D eigenvalue weighted by atomic mass is 16.4. The second kappa shape index (κ2) is 5.97. The van der Waals surface area contributed by atoms with Crippen molar-refractivity contribution in [2.24, 2.45) is 0 Å². The summed E-state index contributed by atoms with van der Waals surface area (Å²) in [6.07, 6.45) is 1.65. The van der Waals surface area contributed by atoms with Crippen molar-refractivity contribution in [3.05, 3.63) is 59.9 Å². The Kier molecular flexibility index (Phi) is 4.10. The first-order valence-electron chi connectivity index (χ1n) is 6.09. The number of rotatable bonds is 4. The fourth-order valence-corrected chi connectivity index (χ4v) is 1.84. The van der Waals surface area contributed by atoms with Crippen LogP contribution in [0.3, 0.4) is 0 Å². The largest absolute Gasteiger partial charge is 0.478 e. The van der Waals surface area contributed by atoms with Crippen LogP contribution in [0, 0.1) is 0 Å². The summed E-state index contributed by atoms with van der Waals surface area (Å²) in [5, 5.41) is 9.00. The van der Waals surface area contributed by atoms with Crippen molar-refractivity contribution < 1.29 is 14.7 Å². The quantitative estimate of drug-likeness (QED) is 0.925. The molecule has 1 aromatic heterocycles. The molecule has 0 atom stereocenters. The van der Waals surface area contributed by atoms with Crippen molar-refractivity contribution in [2.45, 2.75) is 13.5 Å². The molecule has 0 saturated heterocycles. The summed E-state index contributed by atoms with van der Waals surface area (Å²) < 4.78 is 0. The van der Waals surface area contributed by atoms with Crippen molar-refractivity contribution in [1.29, 1.82) is 0 Å². The number of nitrogens with zero attached hydrogens (tertiary/aromatic N) is 2. The van der Waals surface area contributed by atoms with Crippen molar-refractivity contribution in [3.8, 4) is 0 Å². The molecule has 0 aliphatic carbocycles. The molecule has 2 aromatic rings. The number of carbonyl (C=O) groups excluding carboxylic acids is 1. The minimum atomic E-state index is -1.02. The van der Waals surface area contributed by atoms with Crippen LogP contribution in [-0.4, -0.2) is 22.0 Å². The van der Waals surface area contributed by atoms with Crippen LogP contribution in [-0.2, 0) is 11.3 Å². The minimum absolute atomic E-state index is 0.148. The summed E-state index contributed by atoms with van der Waals surface area (Å²) in [4.78, 5) is 28.4. The topological polar surface area (TPSA) is 70.5 Å². The number of aromatic nitrogens is 1. The summed E-state index contributed by atoms with van der Waals surface area (Å²) in [6.45, 7) is 1.75. The zero-order valence-electron chi connectivity index (χ0n) is 11.0. The smallest absolute Gasteiger partial charge is 0.335 e. The van der Waals surface area contributed by atoms with Gasteiger partial charge in [-0.3, -0.25) is 9.78 Å².